The van der Waals surface area contributed by atoms with Gasteiger partial charge in [0.2, 0.25) is 0 Å². The minimum atomic E-state index is -0.889. The lowest BCUT2D eigenvalue weighted by molar-refractivity contribution is -0.128. The van der Waals surface area contributed by atoms with Gasteiger partial charge in [-0.05, 0) is 55.7 Å². The fourth-order valence-electron chi connectivity index (χ4n) is 2.25. The third kappa shape index (κ3) is 7.48. The number of carbonyl (C=O) groups is 2. The lowest BCUT2D eigenvalue weighted by atomic mass is 10.1. The van der Waals surface area contributed by atoms with E-state index in [9.17, 15) is 9.59 Å². The molecule has 8 heteroatoms. The monoisotopic (exact) mass is 438 g/mol. The Labute approximate surface area is 180 Å². The van der Waals surface area contributed by atoms with Crippen LogP contribution < -0.4 is 20.3 Å². The number of benzene rings is 2. The van der Waals surface area contributed by atoms with Crippen molar-refractivity contribution in [2.24, 2.45) is 5.92 Å². The molecule has 29 heavy (non-hydrogen) atoms. The molecule has 2 rings (SSSR count). The van der Waals surface area contributed by atoms with Crippen LogP contribution in [0.4, 0.5) is 0 Å². The van der Waals surface area contributed by atoms with Gasteiger partial charge >= 0.3 is 0 Å². The van der Waals surface area contributed by atoms with Crippen LogP contribution in [0.2, 0.25) is 10.0 Å². The Bertz CT molecular complexity index is 858. The summed E-state index contributed by atoms with van der Waals surface area (Å²) in [5.41, 5.74) is 5.06. The quantitative estimate of drug-likeness (QED) is 0.588. The maximum absolute atomic E-state index is 12.3. The molecule has 2 amide bonds. The third-order valence-electron chi connectivity index (χ3n) is 3.93. The summed E-state index contributed by atoms with van der Waals surface area (Å²) in [6.45, 7) is 6.33. The maximum Gasteiger partial charge on any atom is 0.279 e. The Balaban J connectivity index is 1.86. The molecule has 0 saturated heterocycles. The first-order valence-electron chi connectivity index (χ1n) is 9.21. The zero-order valence-corrected chi connectivity index (χ0v) is 18.0. The van der Waals surface area contributed by atoms with Crippen LogP contribution in [0.3, 0.4) is 0 Å². The summed E-state index contributed by atoms with van der Waals surface area (Å²) < 4.78 is 11.2. The van der Waals surface area contributed by atoms with E-state index in [-0.39, 0.29) is 5.02 Å². The molecule has 0 fully saturated rings. The Kier molecular flexibility index (Phi) is 8.61. The van der Waals surface area contributed by atoms with Crippen molar-refractivity contribution in [3.63, 3.8) is 0 Å². The maximum atomic E-state index is 12.3. The molecule has 0 spiro atoms. The first-order chi connectivity index (χ1) is 13.8. The van der Waals surface area contributed by atoms with Gasteiger partial charge in [0.05, 0.1) is 11.6 Å². The Morgan fingerprint density at radius 2 is 1.79 bits per heavy atom. The van der Waals surface area contributed by atoms with Crippen molar-refractivity contribution in [3.05, 3.63) is 58.1 Å². The van der Waals surface area contributed by atoms with Crippen molar-refractivity contribution in [2.45, 2.75) is 33.3 Å². The van der Waals surface area contributed by atoms with Crippen molar-refractivity contribution in [1.29, 1.82) is 0 Å². The van der Waals surface area contributed by atoms with E-state index >= 15 is 0 Å². The highest BCUT2D eigenvalue weighted by Crippen LogP contribution is 2.28. The molecule has 2 N–H and O–H groups in total. The highest BCUT2D eigenvalue weighted by molar-refractivity contribution is 6.35. The highest BCUT2D eigenvalue weighted by Gasteiger charge is 2.17. The predicted octanol–water partition coefficient (Wildman–Crippen LogP) is 4.65. The van der Waals surface area contributed by atoms with E-state index in [1.165, 1.54) is 13.0 Å². The van der Waals surface area contributed by atoms with Gasteiger partial charge in [-0.25, -0.2) is 0 Å². The summed E-state index contributed by atoms with van der Waals surface area (Å²) in [4.78, 5) is 24.5. The molecule has 156 valence electrons. The third-order valence-corrected chi connectivity index (χ3v) is 4.46. The summed E-state index contributed by atoms with van der Waals surface area (Å²) in [6.07, 6.45) is 0.0295. The average molecular weight is 439 g/mol. The molecule has 2 aromatic carbocycles. The smallest absolute Gasteiger partial charge is 0.279 e. The molecule has 0 radical (unpaired) electrons. The molecular formula is C21H24Cl2N2O4. The second-order valence-electron chi connectivity index (χ2n) is 6.84. The molecule has 2 aromatic rings. The Hall–Kier alpha value is -2.44. The largest absolute Gasteiger partial charge is 0.494 e. The number of halogens is 2. The number of carbonyl (C=O) groups excluding carboxylic acids is 2. The molecule has 0 aliphatic rings. The van der Waals surface area contributed by atoms with Gasteiger partial charge in [-0.1, -0.05) is 43.1 Å². The molecule has 0 aliphatic carbocycles. The van der Waals surface area contributed by atoms with Crippen LogP contribution in [-0.4, -0.2) is 24.5 Å². The van der Waals surface area contributed by atoms with Gasteiger partial charge in [-0.3, -0.25) is 20.4 Å². The number of hydrazine groups is 1. The van der Waals surface area contributed by atoms with Crippen LogP contribution in [0.15, 0.2) is 42.5 Å². The van der Waals surface area contributed by atoms with E-state index in [0.29, 0.717) is 34.6 Å². The topological polar surface area (TPSA) is 76.7 Å². The van der Waals surface area contributed by atoms with Crippen molar-refractivity contribution < 1.29 is 19.1 Å². The van der Waals surface area contributed by atoms with Crippen LogP contribution in [0.1, 0.15) is 37.6 Å². The van der Waals surface area contributed by atoms with E-state index in [0.717, 1.165) is 6.42 Å². The zero-order chi connectivity index (χ0) is 21.4. The second kappa shape index (κ2) is 10.9. The normalized spacial score (nSPS) is 11.7. The second-order valence-corrected chi connectivity index (χ2v) is 7.68. The number of ether oxygens (including phenoxy) is 2. The number of rotatable bonds is 8. The Morgan fingerprint density at radius 3 is 2.48 bits per heavy atom. The van der Waals surface area contributed by atoms with Gasteiger partial charge < -0.3 is 9.47 Å². The highest BCUT2D eigenvalue weighted by atomic mass is 35.5. The van der Waals surface area contributed by atoms with Crippen LogP contribution in [-0.2, 0) is 4.79 Å². The van der Waals surface area contributed by atoms with Gasteiger partial charge in [-0.15, -0.1) is 0 Å². The average Bonchev–Trinajstić information content (AvgIpc) is 2.67. The predicted molar refractivity (Wildman–Crippen MR) is 114 cm³/mol. The molecule has 1 atom stereocenters. The van der Waals surface area contributed by atoms with Crippen molar-refractivity contribution in [1.82, 2.24) is 10.9 Å². The van der Waals surface area contributed by atoms with E-state index in [1.54, 1.807) is 36.4 Å². The van der Waals surface area contributed by atoms with Gasteiger partial charge in [0.25, 0.3) is 11.8 Å². The van der Waals surface area contributed by atoms with Crippen LogP contribution in [0, 0.1) is 5.92 Å². The van der Waals surface area contributed by atoms with Gasteiger partial charge in [0.1, 0.15) is 11.5 Å². The lowest BCUT2D eigenvalue weighted by Crippen LogP contribution is -2.47. The molecule has 0 heterocycles. The standard InChI is InChI=1S/C21H24Cl2N2O4/c1-13(2)9-10-28-17-6-4-5-15(11-17)21(27)25-24-20(26)14(3)29-19-8-7-16(22)12-18(19)23/h4-8,11-14H,9-10H2,1-3H3,(H,24,26)(H,25,27). The van der Waals surface area contributed by atoms with E-state index < -0.39 is 17.9 Å². The number of hydrogen-bond donors (Lipinski definition) is 2. The zero-order valence-electron chi connectivity index (χ0n) is 16.5. The summed E-state index contributed by atoms with van der Waals surface area (Å²) in [6, 6.07) is 11.4. The molecule has 1 unspecified atom stereocenters. The van der Waals surface area contributed by atoms with Crippen LogP contribution in [0.25, 0.3) is 0 Å². The molecule has 0 aliphatic heterocycles. The minimum Gasteiger partial charge on any atom is -0.494 e. The van der Waals surface area contributed by atoms with Gasteiger partial charge in [0, 0.05) is 10.6 Å². The van der Waals surface area contributed by atoms with Crippen molar-refractivity contribution in [3.8, 4) is 11.5 Å². The summed E-state index contributed by atoms with van der Waals surface area (Å²) in [5.74, 6) is 0.441. The fourth-order valence-corrected chi connectivity index (χ4v) is 2.70. The molecular weight excluding hydrogens is 415 g/mol. The first kappa shape index (κ1) is 22.8. The minimum absolute atomic E-state index is 0.287. The van der Waals surface area contributed by atoms with E-state index in [2.05, 4.69) is 24.7 Å². The molecule has 0 bridgehead atoms. The van der Waals surface area contributed by atoms with Crippen LogP contribution in [0.5, 0.6) is 11.5 Å². The summed E-state index contributed by atoms with van der Waals surface area (Å²) >= 11 is 11.9. The molecule has 0 aromatic heterocycles. The Morgan fingerprint density at radius 1 is 1.03 bits per heavy atom. The number of amides is 2. The SMILES string of the molecule is CC(C)CCOc1cccc(C(=O)NNC(=O)C(C)Oc2ccc(Cl)cc2Cl)c1. The first-order valence-corrected chi connectivity index (χ1v) is 9.96. The summed E-state index contributed by atoms with van der Waals surface area (Å²) in [7, 11) is 0. The number of hydrogen-bond acceptors (Lipinski definition) is 4. The molecule has 6 nitrogen and oxygen atoms in total. The van der Waals surface area contributed by atoms with Gasteiger partial charge in [-0.2, -0.15) is 0 Å². The van der Waals surface area contributed by atoms with Crippen molar-refractivity contribution >= 4 is 35.0 Å². The van der Waals surface area contributed by atoms with E-state index in [1.807, 2.05) is 0 Å². The van der Waals surface area contributed by atoms with Gasteiger partial charge in [0.15, 0.2) is 6.10 Å². The summed E-state index contributed by atoms with van der Waals surface area (Å²) in [5, 5.41) is 0.748. The number of nitrogens with one attached hydrogen (secondary N) is 2. The fraction of sp³-hybridized carbons (Fsp3) is 0.333. The lowest BCUT2D eigenvalue weighted by Gasteiger charge is -2.16. The molecule has 0 saturated carbocycles. The van der Waals surface area contributed by atoms with E-state index in [4.69, 9.17) is 32.7 Å². The van der Waals surface area contributed by atoms with Crippen LogP contribution >= 0.6 is 23.2 Å². The van der Waals surface area contributed by atoms with Crippen molar-refractivity contribution in [2.75, 3.05) is 6.61 Å².